The zero-order valence-corrected chi connectivity index (χ0v) is 13.6. The van der Waals surface area contributed by atoms with Gasteiger partial charge in [-0.05, 0) is 24.1 Å². The first kappa shape index (κ1) is 14.5. The standard InChI is InChI=1S/C14H18BrN3S/c1-3-12-13(8-16)19-14(17-12)18(2)9-10-4-6-11(15)7-5-10/h4-7H,3,8-9,16H2,1-2H3. The summed E-state index contributed by atoms with van der Waals surface area (Å²) in [6.45, 7) is 3.55. The highest BCUT2D eigenvalue weighted by atomic mass is 79.9. The predicted octanol–water partition coefficient (Wildman–Crippen LogP) is 3.56. The molecule has 0 bridgehead atoms. The van der Waals surface area contributed by atoms with Gasteiger partial charge in [-0.25, -0.2) is 4.98 Å². The number of aromatic nitrogens is 1. The number of hydrogen-bond donors (Lipinski definition) is 1. The smallest absolute Gasteiger partial charge is 0.185 e. The molecule has 0 spiro atoms. The Hall–Kier alpha value is -0.910. The number of hydrogen-bond acceptors (Lipinski definition) is 4. The molecule has 0 aliphatic carbocycles. The third-order valence-corrected chi connectivity index (χ3v) is 4.71. The average Bonchev–Trinajstić information content (AvgIpc) is 2.84. The second-order valence-corrected chi connectivity index (χ2v) is 6.38. The van der Waals surface area contributed by atoms with Crippen LogP contribution in [0.2, 0.25) is 0 Å². The highest BCUT2D eigenvalue weighted by Crippen LogP contribution is 2.27. The number of nitrogens with zero attached hydrogens (tertiary/aromatic N) is 2. The summed E-state index contributed by atoms with van der Waals surface area (Å²) in [4.78, 5) is 8.04. The molecule has 0 aliphatic rings. The maximum Gasteiger partial charge on any atom is 0.185 e. The van der Waals surface area contributed by atoms with Crippen molar-refractivity contribution < 1.29 is 0 Å². The molecule has 2 rings (SSSR count). The normalized spacial score (nSPS) is 10.7. The summed E-state index contributed by atoms with van der Waals surface area (Å²) >= 11 is 5.15. The molecule has 1 aromatic carbocycles. The van der Waals surface area contributed by atoms with Gasteiger partial charge in [-0.15, -0.1) is 11.3 Å². The maximum absolute atomic E-state index is 5.76. The molecule has 0 amide bonds. The van der Waals surface area contributed by atoms with E-state index in [4.69, 9.17) is 5.73 Å². The second-order valence-electron chi connectivity index (χ2n) is 4.41. The fraction of sp³-hybridized carbons (Fsp3) is 0.357. The van der Waals surface area contributed by atoms with Crippen LogP contribution in [0.4, 0.5) is 5.13 Å². The predicted molar refractivity (Wildman–Crippen MR) is 85.6 cm³/mol. The van der Waals surface area contributed by atoms with E-state index < -0.39 is 0 Å². The number of halogens is 1. The van der Waals surface area contributed by atoms with Crippen molar-refractivity contribution in [1.82, 2.24) is 4.98 Å². The summed E-state index contributed by atoms with van der Waals surface area (Å²) in [5, 5.41) is 1.04. The first-order valence-corrected chi connectivity index (χ1v) is 7.89. The zero-order valence-electron chi connectivity index (χ0n) is 11.2. The Labute approximate surface area is 126 Å². The number of aryl methyl sites for hydroxylation is 1. The minimum absolute atomic E-state index is 0.576. The van der Waals surface area contributed by atoms with Crippen LogP contribution in [0.25, 0.3) is 0 Å². The van der Waals surface area contributed by atoms with E-state index >= 15 is 0 Å². The molecule has 2 N–H and O–H groups in total. The van der Waals surface area contributed by atoms with E-state index in [0.717, 1.165) is 28.3 Å². The summed E-state index contributed by atoms with van der Waals surface area (Å²) in [5.41, 5.74) is 8.16. The monoisotopic (exact) mass is 339 g/mol. The molecule has 0 saturated carbocycles. The quantitative estimate of drug-likeness (QED) is 0.905. The van der Waals surface area contributed by atoms with Crippen molar-refractivity contribution >= 4 is 32.4 Å². The molecule has 3 nitrogen and oxygen atoms in total. The van der Waals surface area contributed by atoms with E-state index in [2.05, 4.69) is 64.1 Å². The Morgan fingerprint density at radius 3 is 2.53 bits per heavy atom. The summed E-state index contributed by atoms with van der Waals surface area (Å²) < 4.78 is 1.10. The number of benzene rings is 1. The molecule has 5 heteroatoms. The molecule has 19 heavy (non-hydrogen) atoms. The topological polar surface area (TPSA) is 42.2 Å². The Bertz CT molecular complexity index is 515. The molecule has 0 aliphatic heterocycles. The van der Waals surface area contributed by atoms with Gasteiger partial charge in [0.05, 0.1) is 5.69 Å². The van der Waals surface area contributed by atoms with Crippen molar-refractivity contribution in [3.63, 3.8) is 0 Å². The average molecular weight is 340 g/mol. The molecule has 2 aromatic rings. The van der Waals surface area contributed by atoms with Gasteiger partial charge in [-0.1, -0.05) is 35.0 Å². The molecular formula is C14H18BrN3S. The number of thiazole rings is 1. The Morgan fingerprint density at radius 1 is 1.32 bits per heavy atom. The SMILES string of the molecule is CCc1nc(N(C)Cc2ccc(Br)cc2)sc1CN. The van der Waals surface area contributed by atoms with Crippen molar-refractivity contribution in [3.05, 3.63) is 44.9 Å². The van der Waals surface area contributed by atoms with Crippen molar-refractivity contribution in [3.8, 4) is 0 Å². The second kappa shape index (κ2) is 6.50. The van der Waals surface area contributed by atoms with Gasteiger partial charge >= 0.3 is 0 Å². The van der Waals surface area contributed by atoms with Crippen LogP contribution >= 0.6 is 27.3 Å². The molecule has 0 unspecified atom stereocenters. The van der Waals surface area contributed by atoms with E-state index in [1.165, 1.54) is 10.4 Å². The van der Waals surface area contributed by atoms with Crippen LogP contribution in [0.3, 0.4) is 0 Å². The summed E-state index contributed by atoms with van der Waals surface area (Å²) in [6, 6.07) is 8.37. The van der Waals surface area contributed by atoms with Crippen LogP contribution in [0.1, 0.15) is 23.1 Å². The fourth-order valence-corrected chi connectivity index (χ4v) is 3.15. The first-order chi connectivity index (χ1) is 9.13. The lowest BCUT2D eigenvalue weighted by atomic mass is 10.2. The van der Waals surface area contributed by atoms with Crippen LogP contribution in [-0.2, 0) is 19.5 Å². The van der Waals surface area contributed by atoms with E-state index in [-0.39, 0.29) is 0 Å². The molecule has 0 fully saturated rings. The highest BCUT2D eigenvalue weighted by molar-refractivity contribution is 9.10. The molecule has 1 heterocycles. The molecule has 1 aromatic heterocycles. The highest BCUT2D eigenvalue weighted by Gasteiger charge is 2.12. The van der Waals surface area contributed by atoms with Gasteiger partial charge in [-0.3, -0.25) is 0 Å². The number of anilines is 1. The van der Waals surface area contributed by atoms with Gasteiger partial charge in [0.2, 0.25) is 0 Å². The molecule has 102 valence electrons. The van der Waals surface area contributed by atoms with E-state index in [0.29, 0.717) is 6.54 Å². The Morgan fingerprint density at radius 2 is 2.00 bits per heavy atom. The van der Waals surface area contributed by atoms with Gasteiger partial charge in [0, 0.05) is 29.5 Å². The van der Waals surface area contributed by atoms with Crippen molar-refractivity contribution in [2.24, 2.45) is 5.73 Å². The van der Waals surface area contributed by atoms with Gasteiger partial charge < -0.3 is 10.6 Å². The van der Waals surface area contributed by atoms with E-state index in [9.17, 15) is 0 Å². The van der Waals surface area contributed by atoms with Crippen molar-refractivity contribution in [2.75, 3.05) is 11.9 Å². The summed E-state index contributed by atoms with van der Waals surface area (Å²) in [6.07, 6.45) is 0.940. The molecular weight excluding hydrogens is 322 g/mol. The van der Waals surface area contributed by atoms with Gasteiger partial charge in [0.25, 0.3) is 0 Å². The number of rotatable bonds is 5. The molecule has 0 saturated heterocycles. The lowest BCUT2D eigenvalue weighted by Crippen LogP contribution is -2.16. The van der Waals surface area contributed by atoms with E-state index in [1.807, 2.05) is 0 Å². The van der Waals surface area contributed by atoms with Crippen LogP contribution in [0, 0.1) is 0 Å². The minimum atomic E-state index is 0.576. The zero-order chi connectivity index (χ0) is 13.8. The summed E-state index contributed by atoms with van der Waals surface area (Å²) in [5.74, 6) is 0. The van der Waals surface area contributed by atoms with Crippen LogP contribution in [0.5, 0.6) is 0 Å². The third-order valence-electron chi connectivity index (χ3n) is 2.95. The first-order valence-electron chi connectivity index (χ1n) is 6.28. The fourth-order valence-electron chi connectivity index (χ4n) is 1.90. The Kier molecular flexibility index (Phi) is 4.96. The maximum atomic E-state index is 5.76. The van der Waals surface area contributed by atoms with Crippen LogP contribution in [0.15, 0.2) is 28.7 Å². The summed E-state index contributed by atoms with van der Waals surface area (Å²) in [7, 11) is 2.07. The van der Waals surface area contributed by atoms with Gasteiger partial charge in [0.15, 0.2) is 5.13 Å². The largest absolute Gasteiger partial charge is 0.347 e. The van der Waals surface area contributed by atoms with Gasteiger partial charge in [0.1, 0.15) is 0 Å². The van der Waals surface area contributed by atoms with E-state index in [1.54, 1.807) is 11.3 Å². The molecule has 0 atom stereocenters. The third kappa shape index (κ3) is 3.55. The number of nitrogens with two attached hydrogens (primary N) is 1. The lowest BCUT2D eigenvalue weighted by molar-refractivity contribution is 0.900. The van der Waals surface area contributed by atoms with Crippen molar-refractivity contribution in [2.45, 2.75) is 26.4 Å². The molecule has 0 radical (unpaired) electrons. The van der Waals surface area contributed by atoms with Crippen LogP contribution < -0.4 is 10.6 Å². The minimum Gasteiger partial charge on any atom is -0.347 e. The Balaban J connectivity index is 2.13. The van der Waals surface area contributed by atoms with Crippen LogP contribution in [-0.4, -0.2) is 12.0 Å². The van der Waals surface area contributed by atoms with Gasteiger partial charge in [-0.2, -0.15) is 0 Å². The van der Waals surface area contributed by atoms with Crippen molar-refractivity contribution in [1.29, 1.82) is 0 Å². The lowest BCUT2D eigenvalue weighted by Gasteiger charge is -2.15.